The normalized spacial score (nSPS) is 15.0. The summed E-state index contributed by atoms with van der Waals surface area (Å²) in [5, 5.41) is 0.978. The Morgan fingerprint density at radius 1 is 1.03 bits per heavy atom. The van der Waals surface area contributed by atoms with Gasteiger partial charge in [0.15, 0.2) is 0 Å². The second kappa shape index (κ2) is 11.9. The Morgan fingerprint density at radius 3 is 2.47 bits per heavy atom. The third-order valence-corrected chi connectivity index (χ3v) is 8.80. The summed E-state index contributed by atoms with van der Waals surface area (Å²) < 4.78 is 14.6. The Kier molecular flexibility index (Phi) is 8.15. The Hall–Kier alpha value is -3.55. The average molecular weight is 543 g/mol. The predicted molar refractivity (Wildman–Crippen MR) is 157 cm³/mol. The van der Waals surface area contributed by atoms with Crippen LogP contribution in [0.4, 0.5) is 5.69 Å². The number of carbonyl (C=O) groups excluding carboxylic acids is 1. The number of hydrogen-bond acceptors (Lipinski definition) is 7. The zero-order chi connectivity index (χ0) is 26.5. The first-order valence-corrected chi connectivity index (χ1v) is 14.2. The summed E-state index contributed by atoms with van der Waals surface area (Å²) in [6.07, 6.45) is 7.67. The molecule has 1 aromatic heterocycles. The summed E-state index contributed by atoms with van der Waals surface area (Å²) in [5.74, 6) is 0.791. The Labute approximate surface area is 232 Å². The minimum absolute atomic E-state index is 0.396. The summed E-state index contributed by atoms with van der Waals surface area (Å²) >= 11 is 3.09. The highest BCUT2D eigenvalue weighted by Gasteiger charge is 2.17. The highest BCUT2D eigenvalue weighted by molar-refractivity contribution is 8.02. The van der Waals surface area contributed by atoms with Gasteiger partial charge in [0.1, 0.15) is 15.0 Å². The van der Waals surface area contributed by atoms with Crippen molar-refractivity contribution in [2.75, 3.05) is 18.9 Å². The van der Waals surface area contributed by atoms with E-state index < -0.39 is 5.97 Å². The standard InChI is InChI=1S/C31H30N2O3S2/c1-20-4-6-21(7-5-20)22-8-10-23(11-9-22)24-12-14-25(15-13-24)30-32-19-29(37-30)38-33-27-17-16-26(31(34)36-3)18-28(27)35-2/h4-7,10,12-19,22,33H,8-9,11H2,1-3H3. The zero-order valence-corrected chi connectivity index (χ0v) is 23.3. The number of ether oxygens (including phenoxy) is 2. The van der Waals surface area contributed by atoms with Gasteiger partial charge in [-0.05, 0) is 79.0 Å². The fraction of sp³-hybridized carbons (Fsp3) is 0.226. The van der Waals surface area contributed by atoms with Gasteiger partial charge in [-0.1, -0.05) is 60.2 Å². The number of aromatic nitrogens is 1. The Bertz CT molecular complexity index is 1440. The summed E-state index contributed by atoms with van der Waals surface area (Å²) in [4.78, 5) is 16.4. The molecule has 1 aliphatic rings. The first-order valence-electron chi connectivity index (χ1n) is 12.6. The molecule has 0 aliphatic heterocycles. The summed E-state index contributed by atoms with van der Waals surface area (Å²) in [7, 11) is 2.94. The van der Waals surface area contributed by atoms with Gasteiger partial charge in [0.05, 0.1) is 31.7 Å². The Morgan fingerprint density at radius 2 is 1.79 bits per heavy atom. The quantitative estimate of drug-likeness (QED) is 0.178. The monoisotopic (exact) mass is 542 g/mol. The van der Waals surface area contributed by atoms with E-state index >= 15 is 0 Å². The van der Waals surface area contributed by atoms with E-state index in [2.05, 4.69) is 71.2 Å². The number of nitrogens with zero attached hydrogens (tertiary/aromatic N) is 1. The molecule has 0 radical (unpaired) electrons. The molecular weight excluding hydrogens is 512 g/mol. The van der Waals surface area contributed by atoms with Crippen molar-refractivity contribution in [2.45, 2.75) is 36.3 Å². The molecule has 0 spiro atoms. The molecule has 1 N–H and O–H groups in total. The number of anilines is 1. The van der Waals surface area contributed by atoms with E-state index in [1.807, 2.05) is 12.3 Å². The van der Waals surface area contributed by atoms with Gasteiger partial charge >= 0.3 is 5.97 Å². The molecule has 194 valence electrons. The fourth-order valence-corrected chi connectivity index (χ4v) is 6.30. The van der Waals surface area contributed by atoms with Crippen molar-refractivity contribution in [1.82, 2.24) is 4.98 Å². The molecule has 7 heteroatoms. The predicted octanol–water partition coefficient (Wildman–Crippen LogP) is 8.38. The van der Waals surface area contributed by atoms with Gasteiger partial charge in [-0.25, -0.2) is 9.78 Å². The first kappa shape index (κ1) is 26.1. The lowest BCUT2D eigenvalue weighted by molar-refractivity contribution is 0.0600. The number of allylic oxidation sites excluding steroid dienone is 2. The second-order valence-electron chi connectivity index (χ2n) is 9.28. The van der Waals surface area contributed by atoms with Crippen molar-refractivity contribution in [2.24, 2.45) is 0 Å². The van der Waals surface area contributed by atoms with Crippen molar-refractivity contribution >= 4 is 40.5 Å². The van der Waals surface area contributed by atoms with Gasteiger partial charge in [0.2, 0.25) is 0 Å². The van der Waals surface area contributed by atoms with E-state index in [9.17, 15) is 4.79 Å². The van der Waals surface area contributed by atoms with Crippen molar-refractivity contribution in [3.8, 4) is 16.3 Å². The van der Waals surface area contributed by atoms with Gasteiger partial charge in [-0.2, -0.15) is 0 Å². The fourth-order valence-electron chi connectivity index (χ4n) is 4.63. The molecular formula is C31H30N2O3S2. The number of nitrogens with one attached hydrogen (secondary N) is 1. The van der Waals surface area contributed by atoms with Crippen molar-refractivity contribution < 1.29 is 14.3 Å². The van der Waals surface area contributed by atoms with Crippen LogP contribution in [-0.4, -0.2) is 25.2 Å². The SMILES string of the molecule is COC(=O)c1ccc(NSc2cnc(-c3ccc(C4=CCC(c5ccc(C)cc5)CC4)cc3)s2)c(OC)c1. The van der Waals surface area contributed by atoms with Crippen LogP contribution in [0.15, 0.2) is 83.2 Å². The second-order valence-corrected chi connectivity index (χ2v) is 11.4. The third kappa shape index (κ3) is 5.95. The molecule has 1 heterocycles. The molecule has 0 fully saturated rings. The lowest BCUT2D eigenvalue weighted by Crippen LogP contribution is -2.04. The molecule has 1 unspecified atom stereocenters. The number of carbonyl (C=O) groups is 1. The minimum atomic E-state index is -0.396. The van der Waals surface area contributed by atoms with Crippen LogP contribution < -0.4 is 9.46 Å². The van der Waals surface area contributed by atoms with Crippen LogP contribution in [0.1, 0.15) is 52.2 Å². The maximum atomic E-state index is 11.8. The number of methoxy groups -OCH3 is 2. The number of aryl methyl sites for hydroxylation is 1. The first-order chi connectivity index (χ1) is 18.5. The zero-order valence-electron chi connectivity index (χ0n) is 21.7. The topological polar surface area (TPSA) is 60.5 Å². The van der Waals surface area contributed by atoms with Gasteiger partial charge in [0.25, 0.3) is 0 Å². The highest BCUT2D eigenvalue weighted by atomic mass is 32.2. The van der Waals surface area contributed by atoms with E-state index in [4.69, 9.17) is 9.47 Å². The van der Waals surface area contributed by atoms with Crippen LogP contribution >= 0.6 is 23.3 Å². The van der Waals surface area contributed by atoms with Crippen molar-refractivity contribution in [1.29, 1.82) is 0 Å². The smallest absolute Gasteiger partial charge is 0.337 e. The third-order valence-electron chi connectivity index (χ3n) is 6.83. The lowest BCUT2D eigenvalue weighted by atomic mass is 9.82. The summed E-state index contributed by atoms with van der Waals surface area (Å²) in [5.41, 5.74) is 7.82. The highest BCUT2D eigenvalue weighted by Crippen LogP contribution is 2.38. The molecule has 1 atom stereocenters. The van der Waals surface area contributed by atoms with E-state index in [0.717, 1.165) is 33.3 Å². The molecule has 0 saturated heterocycles. The van der Waals surface area contributed by atoms with Gasteiger partial charge in [0, 0.05) is 5.56 Å². The van der Waals surface area contributed by atoms with Crippen LogP contribution in [0.3, 0.4) is 0 Å². The molecule has 3 aromatic carbocycles. The van der Waals surface area contributed by atoms with Crippen LogP contribution in [-0.2, 0) is 4.74 Å². The average Bonchev–Trinajstić information content (AvgIpc) is 3.45. The maximum Gasteiger partial charge on any atom is 0.337 e. The maximum absolute atomic E-state index is 11.8. The summed E-state index contributed by atoms with van der Waals surface area (Å²) in [6.45, 7) is 2.14. The number of esters is 1. The van der Waals surface area contributed by atoms with Crippen LogP contribution in [0, 0.1) is 6.92 Å². The molecule has 5 nitrogen and oxygen atoms in total. The molecule has 0 bridgehead atoms. The van der Waals surface area contributed by atoms with Crippen LogP contribution in [0.5, 0.6) is 5.75 Å². The Balaban J connectivity index is 1.21. The van der Waals surface area contributed by atoms with Crippen molar-refractivity contribution in [3.63, 3.8) is 0 Å². The molecule has 38 heavy (non-hydrogen) atoms. The van der Waals surface area contributed by atoms with Gasteiger partial charge in [-0.3, -0.25) is 0 Å². The summed E-state index contributed by atoms with van der Waals surface area (Å²) in [6, 6.07) is 22.9. The van der Waals surface area contributed by atoms with Crippen LogP contribution in [0.2, 0.25) is 0 Å². The lowest BCUT2D eigenvalue weighted by Gasteiger charge is -2.23. The van der Waals surface area contributed by atoms with Crippen LogP contribution in [0.25, 0.3) is 16.1 Å². The van der Waals surface area contributed by atoms with E-state index in [0.29, 0.717) is 17.2 Å². The number of hydrogen-bond donors (Lipinski definition) is 1. The molecule has 0 amide bonds. The molecule has 1 aliphatic carbocycles. The number of thiazole rings is 1. The van der Waals surface area contributed by atoms with E-state index in [-0.39, 0.29) is 0 Å². The number of benzene rings is 3. The van der Waals surface area contributed by atoms with Gasteiger partial charge in [-0.15, -0.1) is 11.3 Å². The number of rotatable bonds is 8. The molecule has 4 aromatic rings. The van der Waals surface area contributed by atoms with E-state index in [1.165, 1.54) is 47.7 Å². The minimum Gasteiger partial charge on any atom is -0.495 e. The largest absolute Gasteiger partial charge is 0.495 e. The molecule has 0 saturated carbocycles. The molecule has 5 rings (SSSR count). The van der Waals surface area contributed by atoms with Gasteiger partial charge < -0.3 is 14.2 Å². The van der Waals surface area contributed by atoms with E-state index in [1.54, 1.807) is 30.6 Å². The van der Waals surface area contributed by atoms with Crippen molar-refractivity contribution in [3.05, 3.63) is 101 Å².